The maximum absolute atomic E-state index is 13.6. The highest BCUT2D eigenvalue weighted by Gasteiger charge is 2.23. The molecule has 0 saturated heterocycles. The zero-order chi connectivity index (χ0) is 25.6. The number of para-hydroxylation sites is 2. The average Bonchev–Trinajstić information content (AvgIpc) is 3.40. The Labute approximate surface area is 217 Å². The molecule has 1 aromatic heterocycles. The van der Waals surface area contributed by atoms with E-state index in [-0.39, 0.29) is 18.5 Å². The van der Waals surface area contributed by atoms with Gasteiger partial charge in [-0.2, -0.15) is 0 Å². The molecule has 0 atom stereocenters. The number of urea groups is 1. The Hall–Kier alpha value is -3.36. The number of nitrogens with zero attached hydrogens (tertiary/aromatic N) is 2. The van der Waals surface area contributed by atoms with Crippen LogP contribution in [0.3, 0.4) is 0 Å². The van der Waals surface area contributed by atoms with Gasteiger partial charge in [0.15, 0.2) is 0 Å². The minimum atomic E-state index is -0.345. The van der Waals surface area contributed by atoms with E-state index in [0.717, 1.165) is 10.4 Å². The van der Waals surface area contributed by atoms with Crippen LogP contribution in [0.15, 0.2) is 72.1 Å². The van der Waals surface area contributed by atoms with Crippen molar-refractivity contribution in [2.24, 2.45) is 0 Å². The van der Waals surface area contributed by atoms with Crippen molar-refractivity contribution in [2.75, 3.05) is 38.2 Å². The Morgan fingerprint density at radius 3 is 2.39 bits per heavy atom. The van der Waals surface area contributed by atoms with Crippen LogP contribution in [0.5, 0.6) is 5.75 Å². The molecule has 3 aromatic rings. The first-order chi connectivity index (χ1) is 17.6. The number of nitrogens with one attached hydrogen (secondary N) is 1. The van der Waals surface area contributed by atoms with Crippen molar-refractivity contribution in [3.8, 4) is 5.75 Å². The van der Waals surface area contributed by atoms with Crippen LogP contribution in [0, 0.1) is 0 Å². The fraction of sp³-hybridized carbons (Fsp3) is 0.357. The molecule has 0 unspecified atom stereocenters. The average molecular weight is 510 g/mol. The highest BCUT2D eigenvalue weighted by atomic mass is 32.1. The van der Waals surface area contributed by atoms with Crippen molar-refractivity contribution in [2.45, 2.75) is 33.4 Å². The molecule has 3 rings (SSSR count). The minimum absolute atomic E-state index is 0.0348. The van der Waals surface area contributed by atoms with E-state index >= 15 is 0 Å². The normalized spacial score (nSPS) is 10.6. The maximum atomic E-state index is 13.6. The summed E-state index contributed by atoms with van der Waals surface area (Å²) >= 11 is 1.61. The lowest BCUT2D eigenvalue weighted by Gasteiger charge is -2.28. The van der Waals surface area contributed by atoms with Gasteiger partial charge in [0.25, 0.3) is 0 Å². The van der Waals surface area contributed by atoms with Gasteiger partial charge in [-0.15, -0.1) is 11.3 Å². The lowest BCUT2D eigenvalue weighted by atomic mass is 10.2. The van der Waals surface area contributed by atoms with E-state index in [0.29, 0.717) is 57.3 Å². The first kappa shape index (κ1) is 27.2. The summed E-state index contributed by atoms with van der Waals surface area (Å²) in [5, 5.41) is 4.93. The van der Waals surface area contributed by atoms with Crippen molar-refractivity contribution >= 4 is 29.0 Å². The molecule has 0 saturated carbocycles. The molecule has 7 nitrogen and oxygen atoms in total. The molecule has 1 N–H and O–H groups in total. The van der Waals surface area contributed by atoms with E-state index in [9.17, 15) is 9.59 Å². The summed E-state index contributed by atoms with van der Waals surface area (Å²) in [5.74, 6) is 0.481. The van der Waals surface area contributed by atoms with Gasteiger partial charge in [0.2, 0.25) is 5.91 Å². The zero-order valence-electron chi connectivity index (χ0n) is 21.0. The molecule has 36 heavy (non-hydrogen) atoms. The second-order valence-electron chi connectivity index (χ2n) is 8.15. The number of carbonyl (C=O) groups excluding carboxylic acids is 2. The lowest BCUT2D eigenvalue weighted by molar-refractivity contribution is -0.133. The molecule has 0 bridgehead atoms. The van der Waals surface area contributed by atoms with Gasteiger partial charge >= 0.3 is 6.03 Å². The van der Waals surface area contributed by atoms with Gasteiger partial charge in [0, 0.05) is 31.2 Å². The van der Waals surface area contributed by atoms with Gasteiger partial charge in [-0.1, -0.05) is 48.5 Å². The number of ether oxygens (including phenoxy) is 2. The molecule has 1 heterocycles. The first-order valence-corrected chi connectivity index (χ1v) is 13.2. The number of rotatable bonds is 14. The van der Waals surface area contributed by atoms with Gasteiger partial charge in [-0.05, 0) is 49.4 Å². The van der Waals surface area contributed by atoms with E-state index in [4.69, 9.17) is 9.47 Å². The lowest BCUT2D eigenvalue weighted by Crippen LogP contribution is -2.44. The number of hydrogen-bond acceptors (Lipinski definition) is 5. The Balaban J connectivity index is 1.75. The van der Waals surface area contributed by atoms with E-state index in [1.165, 1.54) is 0 Å². The highest BCUT2D eigenvalue weighted by molar-refractivity contribution is 7.09. The SMILES string of the molecule is CCOCCCN(CC(=O)N(Cc1ccccc1)Cc1cccs1)C(=O)Nc1ccccc1OCC. The molecule has 8 heteroatoms. The Morgan fingerprint density at radius 2 is 1.67 bits per heavy atom. The van der Waals surface area contributed by atoms with E-state index in [1.54, 1.807) is 27.2 Å². The molecular weight excluding hydrogens is 474 g/mol. The zero-order valence-corrected chi connectivity index (χ0v) is 21.8. The predicted octanol–water partition coefficient (Wildman–Crippen LogP) is 5.64. The third-order valence-corrected chi connectivity index (χ3v) is 6.32. The Morgan fingerprint density at radius 1 is 0.889 bits per heavy atom. The monoisotopic (exact) mass is 509 g/mol. The largest absolute Gasteiger partial charge is 0.492 e. The number of anilines is 1. The summed E-state index contributed by atoms with van der Waals surface area (Å²) in [7, 11) is 0. The van der Waals surface area contributed by atoms with Crippen LogP contribution in [0.4, 0.5) is 10.5 Å². The summed E-state index contributed by atoms with van der Waals surface area (Å²) in [5.41, 5.74) is 1.62. The summed E-state index contributed by atoms with van der Waals surface area (Å²) < 4.78 is 11.1. The second kappa shape index (κ2) is 14.9. The number of thiophene rings is 1. The topological polar surface area (TPSA) is 71.1 Å². The van der Waals surface area contributed by atoms with E-state index in [1.807, 2.05) is 79.9 Å². The molecular formula is C28H35N3O4S. The van der Waals surface area contributed by atoms with Crippen LogP contribution >= 0.6 is 11.3 Å². The molecule has 0 aliphatic heterocycles. The van der Waals surface area contributed by atoms with Gasteiger partial charge in [-0.3, -0.25) is 4.79 Å². The van der Waals surface area contributed by atoms with Gasteiger partial charge in [-0.25, -0.2) is 4.79 Å². The summed E-state index contributed by atoms with van der Waals surface area (Å²) in [6.45, 7) is 6.77. The molecule has 3 amide bonds. The Bertz CT molecular complexity index is 1060. The molecule has 0 aliphatic carbocycles. The third-order valence-electron chi connectivity index (χ3n) is 5.46. The smallest absolute Gasteiger partial charge is 0.322 e. The fourth-order valence-electron chi connectivity index (χ4n) is 3.69. The number of benzene rings is 2. The summed E-state index contributed by atoms with van der Waals surface area (Å²) in [6.07, 6.45) is 0.630. The van der Waals surface area contributed by atoms with Crippen molar-refractivity contribution in [3.63, 3.8) is 0 Å². The van der Waals surface area contributed by atoms with E-state index in [2.05, 4.69) is 5.32 Å². The standard InChI is InChI=1S/C28H35N3O4S/c1-3-34-18-11-17-30(28(33)29-25-15-8-9-16-26(25)35-4-2)22-27(32)31(21-24-14-10-19-36-24)20-23-12-6-5-7-13-23/h5-10,12-16,19H,3-4,11,17-18,20-22H2,1-2H3,(H,29,33). The number of carbonyl (C=O) groups is 2. The second-order valence-corrected chi connectivity index (χ2v) is 9.18. The summed E-state index contributed by atoms with van der Waals surface area (Å²) in [6, 6.07) is 20.9. The van der Waals surface area contributed by atoms with E-state index < -0.39 is 0 Å². The van der Waals surface area contributed by atoms with Gasteiger partial charge < -0.3 is 24.6 Å². The van der Waals surface area contributed by atoms with Crippen molar-refractivity contribution < 1.29 is 19.1 Å². The van der Waals surface area contributed by atoms with Crippen molar-refractivity contribution in [1.82, 2.24) is 9.80 Å². The molecule has 2 aromatic carbocycles. The summed E-state index contributed by atoms with van der Waals surface area (Å²) in [4.78, 5) is 31.3. The first-order valence-electron chi connectivity index (χ1n) is 12.3. The van der Waals surface area contributed by atoms with Crippen LogP contribution in [-0.4, -0.2) is 54.6 Å². The molecule has 0 fully saturated rings. The van der Waals surface area contributed by atoms with Crippen molar-refractivity contribution in [1.29, 1.82) is 0 Å². The predicted molar refractivity (Wildman–Crippen MR) is 144 cm³/mol. The van der Waals surface area contributed by atoms with Crippen LogP contribution in [0.2, 0.25) is 0 Å². The van der Waals surface area contributed by atoms with Crippen LogP contribution < -0.4 is 10.1 Å². The van der Waals surface area contributed by atoms with Gasteiger partial charge in [0.1, 0.15) is 12.3 Å². The quantitative estimate of drug-likeness (QED) is 0.286. The minimum Gasteiger partial charge on any atom is -0.492 e. The Kier molecular flexibility index (Phi) is 11.3. The van der Waals surface area contributed by atoms with Crippen molar-refractivity contribution in [3.05, 3.63) is 82.6 Å². The van der Waals surface area contributed by atoms with Crippen LogP contribution in [0.25, 0.3) is 0 Å². The molecule has 0 aliphatic rings. The van der Waals surface area contributed by atoms with Gasteiger partial charge in [0.05, 0.1) is 18.8 Å². The molecule has 0 radical (unpaired) electrons. The molecule has 192 valence electrons. The number of amides is 3. The van der Waals surface area contributed by atoms with Crippen LogP contribution in [-0.2, 0) is 22.6 Å². The third kappa shape index (κ3) is 8.70. The number of hydrogen-bond donors (Lipinski definition) is 1. The highest BCUT2D eigenvalue weighted by Crippen LogP contribution is 2.24. The maximum Gasteiger partial charge on any atom is 0.322 e. The van der Waals surface area contributed by atoms with Crippen LogP contribution in [0.1, 0.15) is 30.7 Å². The fourth-order valence-corrected chi connectivity index (χ4v) is 4.41. The molecule has 0 spiro atoms.